The van der Waals surface area contributed by atoms with Crippen LogP contribution >= 0.6 is 0 Å². The van der Waals surface area contributed by atoms with Crippen molar-refractivity contribution in [3.63, 3.8) is 0 Å². The summed E-state index contributed by atoms with van der Waals surface area (Å²) in [5, 5.41) is 4.38. The lowest BCUT2D eigenvalue weighted by Gasteiger charge is -2.27. The molecule has 1 rings (SSSR count). The number of hydrogen-bond donors (Lipinski definition) is 2. The molecule has 126 valence electrons. The van der Waals surface area contributed by atoms with Gasteiger partial charge in [-0.15, -0.1) is 0 Å². The van der Waals surface area contributed by atoms with E-state index in [4.69, 9.17) is 4.74 Å². The average Bonchev–Trinajstić information content (AvgIpc) is 2.52. The molecule has 1 unspecified atom stereocenters. The molecular weight excluding hydrogens is 284 g/mol. The normalized spacial score (nSPS) is 22.5. The molecule has 0 aromatic rings. The van der Waals surface area contributed by atoms with Gasteiger partial charge in [0.15, 0.2) is 6.10 Å². The third-order valence-electron chi connectivity index (χ3n) is 4.27. The first-order chi connectivity index (χ1) is 10.5. The van der Waals surface area contributed by atoms with Gasteiger partial charge in [0.25, 0.3) is 5.91 Å². The van der Waals surface area contributed by atoms with Crippen molar-refractivity contribution in [3.05, 3.63) is 0 Å². The number of esters is 1. The Labute approximate surface area is 132 Å². The van der Waals surface area contributed by atoms with Crippen LogP contribution in [0.2, 0.25) is 0 Å². The molecule has 1 fully saturated rings. The highest BCUT2D eigenvalue weighted by atomic mass is 16.5. The van der Waals surface area contributed by atoms with E-state index in [-0.39, 0.29) is 11.9 Å². The molecule has 3 amide bonds. The minimum atomic E-state index is -0.956. The molecule has 1 saturated carbocycles. The average molecular weight is 312 g/mol. The van der Waals surface area contributed by atoms with Crippen molar-refractivity contribution in [3.8, 4) is 0 Å². The van der Waals surface area contributed by atoms with E-state index in [2.05, 4.69) is 17.6 Å². The second-order valence-electron chi connectivity index (χ2n) is 6.01. The van der Waals surface area contributed by atoms with Gasteiger partial charge in [0.1, 0.15) is 0 Å². The van der Waals surface area contributed by atoms with E-state index in [1.54, 1.807) is 0 Å². The van der Waals surface area contributed by atoms with Crippen molar-refractivity contribution in [2.45, 2.75) is 64.9 Å². The molecule has 0 aromatic carbocycles. The Kier molecular flexibility index (Phi) is 7.91. The number of rotatable bonds is 6. The van der Waals surface area contributed by atoms with Crippen LogP contribution in [0.15, 0.2) is 0 Å². The van der Waals surface area contributed by atoms with E-state index < -0.39 is 18.0 Å². The Bertz CT molecular complexity index is 390. The molecule has 6 heteroatoms. The Balaban J connectivity index is 2.33. The smallest absolute Gasteiger partial charge is 0.321 e. The van der Waals surface area contributed by atoms with Crippen molar-refractivity contribution in [2.24, 2.45) is 11.8 Å². The second kappa shape index (κ2) is 9.43. The molecule has 6 nitrogen and oxygen atoms in total. The van der Waals surface area contributed by atoms with Crippen LogP contribution in [0.5, 0.6) is 0 Å². The number of amides is 3. The summed E-state index contributed by atoms with van der Waals surface area (Å²) in [6.07, 6.45) is 6.51. The van der Waals surface area contributed by atoms with Crippen molar-refractivity contribution in [1.29, 1.82) is 0 Å². The van der Waals surface area contributed by atoms with E-state index >= 15 is 0 Å². The third kappa shape index (κ3) is 6.03. The molecule has 0 spiro atoms. The van der Waals surface area contributed by atoms with Crippen LogP contribution < -0.4 is 10.6 Å². The van der Waals surface area contributed by atoms with Crippen LogP contribution in [-0.2, 0) is 14.3 Å². The van der Waals surface area contributed by atoms with Gasteiger partial charge in [0, 0.05) is 7.05 Å². The van der Waals surface area contributed by atoms with Gasteiger partial charge < -0.3 is 10.1 Å². The van der Waals surface area contributed by atoms with Crippen molar-refractivity contribution < 1.29 is 19.1 Å². The first-order valence-corrected chi connectivity index (χ1v) is 8.21. The number of carbonyl (C=O) groups excluding carboxylic acids is 3. The van der Waals surface area contributed by atoms with Crippen LogP contribution in [0.25, 0.3) is 0 Å². The summed E-state index contributed by atoms with van der Waals surface area (Å²) in [5.74, 6) is -0.330. The molecule has 0 heterocycles. The molecule has 0 bridgehead atoms. The second-order valence-corrected chi connectivity index (χ2v) is 6.01. The summed E-state index contributed by atoms with van der Waals surface area (Å²) in [7, 11) is 1.41. The Morgan fingerprint density at radius 2 is 1.82 bits per heavy atom. The molecule has 1 aliphatic carbocycles. The zero-order valence-corrected chi connectivity index (χ0v) is 13.8. The maximum absolute atomic E-state index is 12.1. The first kappa shape index (κ1) is 18.5. The minimum absolute atomic E-state index is 0.117. The quantitative estimate of drug-likeness (QED) is 0.737. The van der Waals surface area contributed by atoms with Gasteiger partial charge in [-0.1, -0.05) is 26.2 Å². The van der Waals surface area contributed by atoms with Crippen LogP contribution in [0.3, 0.4) is 0 Å². The molecule has 2 N–H and O–H groups in total. The number of unbranched alkanes of at least 4 members (excludes halogenated alkanes) is 1. The van der Waals surface area contributed by atoms with Gasteiger partial charge in [-0.2, -0.15) is 0 Å². The fourth-order valence-electron chi connectivity index (χ4n) is 2.78. The summed E-state index contributed by atoms with van der Waals surface area (Å²) in [5.41, 5.74) is 0. The monoisotopic (exact) mass is 312 g/mol. The minimum Gasteiger partial charge on any atom is -0.452 e. The molecule has 1 aliphatic rings. The summed E-state index contributed by atoms with van der Waals surface area (Å²) in [4.78, 5) is 34.8. The van der Waals surface area contributed by atoms with Crippen LogP contribution in [0.4, 0.5) is 4.79 Å². The molecular formula is C16H28N2O4. The van der Waals surface area contributed by atoms with Crippen molar-refractivity contribution in [2.75, 3.05) is 7.05 Å². The van der Waals surface area contributed by atoms with Gasteiger partial charge in [0.05, 0.1) is 5.92 Å². The molecule has 0 radical (unpaired) electrons. The summed E-state index contributed by atoms with van der Waals surface area (Å²) in [6, 6.07) is -0.607. The molecule has 0 saturated heterocycles. The predicted octanol–water partition coefficient (Wildman–Crippen LogP) is 2.37. The van der Waals surface area contributed by atoms with Gasteiger partial charge in [0.2, 0.25) is 0 Å². The fraction of sp³-hybridized carbons (Fsp3) is 0.812. The number of imide groups is 1. The summed E-state index contributed by atoms with van der Waals surface area (Å²) in [6.45, 7) is 3.66. The molecule has 0 aliphatic heterocycles. The van der Waals surface area contributed by atoms with Crippen LogP contribution in [-0.4, -0.2) is 31.1 Å². The lowest BCUT2D eigenvalue weighted by Crippen LogP contribution is -2.44. The topological polar surface area (TPSA) is 84.5 Å². The Morgan fingerprint density at radius 3 is 2.36 bits per heavy atom. The molecule has 1 atom stereocenters. The highest BCUT2D eigenvalue weighted by molar-refractivity contribution is 5.97. The predicted molar refractivity (Wildman–Crippen MR) is 83.1 cm³/mol. The van der Waals surface area contributed by atoms with E-state index in [1.807, 2.05) is 0 Å². The van der Waals surface area contributed by atoms with Gasteiger partial charge >= 0.3 is 12.0 Å². The van der Waals surface area contributed by atoms with E-state index in [0.717, 1.165) is 31.6 Å². The lowest BCUT2D eigenvalue weighted by atomic mass is 9.80. The van der Waals surface area contributed by atoms with Crippen molar-refractivity contribution in [1.82, 2.24) is 10.6 Å². The highest BCUT2D eigenvalue weighted by Crippen LogP contribution is 2.32. The molecule has 0 aromatic heterocycles. The summed E-state index contributed by atoms with van der Waals surface area (Å²) >= 11 is 0. The zero-order chi connectivity index (χ0) is 16.5. The van der Waals surface area contributed by atoms with E-state index in [0.29, 0.717) is 0 Å². The number of urea groups is 1. The number of hydrogen-bond acceptors (Lipinski definition) is 4. The largest absolute Gasteiger partial charge is 0.452 e. The third-order valence-corrected chi connectivity index (χ3v) is 4.27. The summed E-state index contributed by atoms with van der Waals surface area (Å²) < 4.78 is 5.18. The van der Waals surface area contributed by atoms with Crippen LogP contribution in [0.1, 0.15) is 58.8 Å². The lowest BCUT2D eigenvalue weighted by molar-refractivity contribution is -0.159. The van der Waals surface area contributed by atoms with Gasteiger partial charge in [-0.25, -0.2) is 4.79 Å². The maximum atomic E-state index is 12.1. The molecule has 22 heavy (non-hydrogen) atoms. The highest BCUT2D eigenvalue weighted by Gasteiger charge is 2.29. The SMILES string of the molecule is CCCCC1CCC(C(=O)OC(C)C(=O)NC(=O)NC)CC1. The standard InChI is InChI=1S/C16H28N2O4/c1-4-5-6-12-7-9-13(10-8-12)15(20)22-11(2)14(19)18-16(21)17-3/h11-13H,4-10H2,1-3H3,(H2,17,18,19,21). The number of carbonyl (C=O) groups is 3. The Morgan fingerprint density at radius 1 is 1.18 bits per heavy atom. The number of nitrogens with one attached hydrogen (secondary N) is 2. The number of ether oxygens (including phenoxy) is 1. The van der Waals surface area contributed by atoms with E-state index in [9.17, 15) is 14.4 Å². The van der Waals surface area contributed by atoms with Crippen molar-refractivity contribution >= 4 is 17.9 Å². The fourth-order valence-corrected chi connectivity index (χ4v) is 2.78. The van der Waals surface area contributed by atoms with Crippen LogP contribution in [0, 0.1) is 11.8 Å². The van der Waals surface area contributed by atoms with Gasteiger partial charge in [-0.3, -0.25) is 14.9 Å². The van der Waals surface area contributed by atoms with Gasteiger partial charge in [-0.05, 0) is 38.5 Å². The Hall–Kier alpha value is -1.59. The maximum Gasteiger partial charge on any atom is 0.321 e. The first-order valence-electron chi connectivity index (χ1n) is 8.21. The van der Waals surface area contributed by atoms with E-state index in [1.165, 1.54) is 33.2 Å². The zero-order valence-electron chi connectivity index (χ0n) is 13.8.